The Hall–Kier alpha value is -3.42. The monoisotopic (exact) mass is 316 g/mol. The van der Waals surface area contributed by atoms with Crippen molar-refractivity contribution in [2.24, 2.45) is 0 Å². The Morgan fingerprint density at radius 1 is 1.22 bits per heavy atom. The summed E-state index contributed by atoms with van der Waals surface area (Å²) >= 11 is 0. The number of carboxylic acids is 1. The Morgan fingerprint density at radius 3 is 2.39 bits per heavy atom. The summed E-state index contributed by atoms with van der Waals surface area (Å²) in [6, 6.07) is 8.87. The van der Waals surface area contributed by atoms with E-state index < -0.39 is 28.4 Å². The Balaban J connectivity index is 2.22. The largest absolute Gasteiger partial charge is 0.477 e. The van der Waals surface area contributed by atoms with Crippen LogP contribution in [0, 0.1) is 17.0 Å². The number of benzene rings is 1. The number of carboxylic acid groups (broad SMARTS) is 1. The van der Waals surface area contributed by atoms with Gasteiger partial charge in [-0.1, -0.05) is 17.7 Å². The lowest BCUT2D eigenvalue weighted by Gasteiger charge is -2.05. The molecule has 2 N–H and O–H groups in total. The molecule has 1 aromatic carbocycles. The number of carbonyl (C=O) groups excluding carboxylic acids is 1. The third-order valence-electron chi connectivity index (χ3n) is 2.87. The summed E-state index contributed by atoms with van der Waals surface area (Å²) < 4.78 is 4.84. The van der Waals surface area contributed by atoms with E-state index in [0.29, 0.717) is 0 Å². The molecular formula is C15H12N2O6. The van der Waals surface area contributed by atoms with Crippen LogP contribution >= 0.6 is 0 Å². The molecule has 2 aromatic rings. The fraction of sp³-hybridized carbons (Fsp3) is 0.0667. The van der Waals surface area contributed by atoms with E-state index in [2.05, 4.69) is 5.32 Å². The molecule has 1 aromatic heterocycles. The Kier molecular flexibility index (Phi) is 4.55. The highest BCUT2D eigenvalue weighted by molar-refractivity contribution is 6.02. The number of carbonyl (C=O) groups is 2. The van der Waals surface area contributed by atoms with Crippen LogP contribution in [0.15, 0.2) is 46.5 Å². The molecule has 0 aliphatic heterocycles. The Bertz CT molecular complexity index is 789. The molecule has 0 aliphatic carbocycles. The summed E-state index contributed by atoms with van der Waals surface area (Å²) in [5, 5.41) is 21.9. The molecule has 23 heavy (non-hydrogen) atoms. The van der Waals surface area contributed by atoms with Crippen molar-refractivity contribution >= 4 is 23.8 Å². The van der Waals surface area contributed by atoms with Gasteiger partial charge in [-0.15, -0.1) is 0 Å². The summed E-state index contributed by atoms with van der Waals surface area (Å²) in [4.78, 5) is 33.0. The predicted molar refractivity (Wildman–Crippen MR) is 79.6 cm³/mol. The summed E-state index contributed by atoms with van der Waals surface area (Å²) in [7, 11) is 0. The van der Waals surface area contributed by atoms with Crippen LogP contribution in [0.2, 0.25) is 0 Å². The van der Waals surface area contributed by atoms with E-state index in [1.165, 1.54) is 6.07 Å². The van der Waals surface area contributed by atoms with E-state index in [9.17, 15) is 19.7 Å². The molecule has 0 saturated heterocycles. The highest BCUT2D eigenvalue weighted by atomic mass is 16.6. The van der Waals surface area contributed by atoms with Gasteiger partial charge in [0.15, 0.2) is 0 Å². The number of rotatable bonds is 5. The van der Waals surface area contributed by atoms with Crippen molar-refractivity contribution in [2.75, 3.05) is 0 Å². The smallest absolute Gasteiger partial charge is 0.433 e. The number of hydrogen-bond acceptors (Lipinski definition) is 5. The quantitative estimate of drug-likeness (QED) is 0.496. The lowest BCUT2D eigenvalue weighted by molar-refractivity contribution is -0.402. The predicted octanol–water partition coefficient (Wildman–Crippen LogP) is 2.35. The van der Waals surface area contributed by atoms with Gasteiger partial charge >= 0.3 is 11.9 Å². The van der Waals surface area contributed by atoms with E-state index >= 15 is 0 Å². The van der Waals surface area contributed by atoms with Crippen molar-refractivity contribution in [3.05, 3.63) is 69.1 Å². The summed E-state index contributed by atoms with van der Waals surface area (Å²) in [6.45, 7) is 1.86. The van der Waals surface area contributed by atoms with Crippen molar-refractivity contribution in [2.45, 2.75) is 6.92 Å². The highest BCUT2D eigenvalue weighted by Gasteiger charge is 2.16. The number of amides is 1. The molecule has 0 bridgehead atoms. The van der Waals surface area contributed by atoms with E-state index in [4.69, 9.17) is 9.52 Å². The Labute approximate surface area is 130 Å². The average molecular weight is 316 g/mol. The van der Waals surface area contributed by atoms with Crippen LogP contribution in [0.1, 0.15) is 21.7 Å². The number of nitrogens with zero attached hydrogens (tertiary/aromatic N) is 1. The maximum Gasteiger partial charge on any atom is 0.433 e. The van der Waals surface area contributed by atoms with Crippen molar-refractivity contribution in [3.63, 3.8) is 0 Å². The van der Waals surface area contributed by atoms with Crippen molar-refractivity contribution in [1.29, 1.82) is 0 Å². The maximum absolute atomic E-state index is 12.0. The standard InChI is InChI=1S/C15H12N2O6/c1-9-2-4-10(5-3-9)14(18)16-12(15(19)20)8-11-6-7-13(23-11)17(21)22/h2-8H,1H3,(H,16,18)(H,19,20)/b12-8+. The second kappa shape index (κ2) is 6.56. The summed E-state index contributed by atoms with van der Waals surface area (Å²) in [5.41, 5.74) is 0.784. The zero-order valence-corrected chi connectivity index (χ0v) is 12.0. The van der Waals surface area contributed by atoms with Gasteiger partial charge in [0.1, 0.15) is 16.4 Å². The molecule has 1 amide bonds. The third kappa shape index (κ3) is 4.03. The molecule has 8 nitrogen and oxygen atoms in total. The van der Waals surface area contributed by atoms with Gasteiger partial charge in [0.2, 0.25) is 0 Å². The van der Waals surface area contributed by atoms with Crippen molar-refractivity contribution in [3.8, 4) is 0 Å². The van der Waals surface area contributed by atoms with Gasteiger partial charge < -0.3 is 14.8 Å². The van der Waals surface area contributed by atoms with Crippen LogP contribution in [0.4, 0.5) is 5.88 Å². The van der Waals surface area contributed by atoms with Gasteiger partial charge in [0.25, 0.3) is 5.91 Å². The van der Waals surface area contributed by atoms with Crippen LogP contribution in [-0.4, -0.2) is 21.9 Å². The molecule has 0 unspecified atom stereocenters. The molecule has 0 atom stereocenters. The number of aliphatic carboxylic acids is 1. The molecule has 1 heterocycles. The molecule has 0 saturated carbocycles. The minimum atomic E-state index is -1.40. The minimum Gasteiger partial charge on any atom is -0.477 e. The normalized spacial score (nSPS) is 11.1. The van der Waals surface area contributed by atoms with Gasteiger partial charge in [-0.2, -0.15) is 0 Å². The highest BCUT2D eigenvalue weighted by Crippen LogP contribution is 2.18. The number of hydrogen-bond donors (Lipinski definition) is 2. The topological polar surface area (TPSA) is 123 Å². The molecule has 0 spiro atoms. The lowest BCUT2D eigenvalue weighted by Crippen LogP contribution is -2.27. The molecule has 0 radical (unpaired) electrons. The van der Waals surface area contributed by atoms with Crippen molar-refractivity contribution in [1.82, 2.24) is 5.32 Å². The van der Waals surface area contributed by atoms with Crippen LogP contribution < -0.4 is 5.32 Å². The van der Waals surface area contributed by atoms with E-state index in [1.807, 2.05) is 6.92 Å². The van der Waals surface area contributed by atoms with Crippen LogP contribution in [0.25, 0.3) is 6.08 Å². The lowest BCUT2D eigenvalue weighted by atomic mass is 10.1. The van der Waals surface area contributed by atoms with Crippen LogP contribution in [-0.2, 0) is 4.79 Å². The van der Waals surface area contributed by atoms with Gasteiger partial charge in [0, 0.05) is 11.6 Å². The fourth-order valence-electron chi connectivity index (χ4n) is 1.71. The summed E-state index contributed by atoms with van der Waals surface area (Å²) in [6.07, 6.45) is 1.00. The molecular weight excluding hydrogens is 304 g/mol. The minimum absolute atomic E-state index is 0.0571. The third-order valence-corrected chi connectivity index (χ3v) is 2.87. The van der Waals surface area contributed by atoms with Gasteiger partial charge in [-0.05, 0) is 25.1 Å². The summed E-state index contributed by atoms with van der Waals surface area (Å²) in [5.74, 6) is -2.59. The Morgan fingerprint density at radius 2 is 1.87 bits per heavy atom. The second-order valence-corrected chi connectivity index (χ2v) is 4.62. The van der Waals surface area contributed by atoms with Crippen molar-refractivity contribution < 1.29 is 24.0 Å². The van der Waals surface area contributed by atoms with E-state index in [0.717, 1.165) is 17.7 Å². The second-order valence-electron chi connectivity index (χ2n) is 4.62. The first-order valence-electron chi connectivity index (χ1n) is 6.44. The number of nitro groups is 1. The van der Waals surface area contributed by atoms with Gasteiger partial charge in [-0.25, -0.2) is 4.79 Å². The first-order valence-corrected chi connectivity index (χ1v) is 6.44. The van der Waals surface area contributed by atoms with Crippen LogP contribution in [0.5, 0.6) is 0 Å². The number of nitrogens with one attached hydrogen (secondary N) is 1. The maximum atomic E-state index is 12.0. The molecule has 0 fully saturated rings. The van der Waals surface area contributed by atoms with E-state index in [-0.39, 0.29) is 11.3 Å². The number of furan rings is 1. The molecule has 2 rings (SSSR count). The molecule has 8 heteroatoms. The van der Waals surface area contributed by atoms with Gasteiger partial charge in [0.05, 0.1) is 6.07 Å². The molecule has 118 valence electrons. The van der Waals surface area contributed by atoms with Gasteiger partial charge in [-0.3, -0.25) is 14.9 Å². The average Bonchev–Trinajstić information content (AvgIpc) is 2.96. The molecule has 0 aliphatic rings. The first-order chi connectivity index (χ1) is 10.9. The number of aryl methyl sites for hydroxylation is 1. The zero-order chi connectivity index (χ0) is 17.0. The SMILES string of the molecule is Cc1ccc(C(=O)N/C(=C/c2ccc([N+](=O)[O-])o2)C(=O)O)cc1. The van der Waals surface area contributed by atoms with E-state index in [1.54, 1.807) is 24.3 Å². The zero-order valence-electron chi connectivity index (χ0n) is 12.0. The fourth-order valence-corrected chi connectivity index (χ4v) is 1.71. The van der Waals surface area contributed by atoms with Crippen LogP contribution in [0.3, 0.4) is 0 Å². The first kappa shape index (κ1) is 16.0.